The second-order valence-corrected chi connectivity index (χ2v) is 6.17. The van der Waals surface area contributed by atoms with Crippen LogP contribution in [0.1, 0.15) is 29.6 Å². The standard InChI is InChI=1S/C16H22N2O2S/c1-12(19)7-8-17-9-14-3-5-16(6-4-14)20-10-15-11-21-13(2)18-15/h3-6,11-12,17,19H,7-10H2,1-2H3. The molecule has 0 aliphatic rings. The number of benzene rings is 1. The van der Waals surface area contributed by atoms with Crippen LogP contribution in [0.15, 0.2) is 29.6 Å². The van der Waals surface area contributed by atoms with Crippen molar-refractivity contribution in [3.63, 3.8) is 0 Å². The Kier molecular flexibility index (Phi) is 6.17. The Hall–Kier alpha value is -1.43. The number of hydrogen-bond donors (Lipinski definition) is 2. The van der Waals surface area contributed by atoms with Crippen LogP contribution in [0.4, 0.5) is 0 Å². The van der Waals surface area contributed by atoms with Crippen LogP contribution in [0, 0.1) is 6.92 Å². The van der Waals surface area contributed by atoms with E-state index in [-0.39, 0.29) is 6.10 Å². The molecule has 1 unspecified atom stereocenters. The van der Waals surface area contributed by atoms with Crippen molar-refractivity contribution in [2.24, 2.45) is 0 Å². The maximum absolute atomic E-state index is 9.18. The predicted molar refractivity (Wildman–Crippen MR) is 85.6 cm³/mol. The molecule has 0 aliphatic heterocycles. The molecule has 1 heterocycles. The third-order valence-electron chi connectivity index (χ3n) is 3.04. The van der Waals surface area contributed by atoms with Crippen LogP contribution in [0.2, 0.25) is 0 Å². The zero-order valence-electron chi connectivity index (χ0n) is 12.5. The lowest BCUT2D eigenvalue weighted by Crippen LogP contribution is -2.18. The lowest BCUT2D eigenvalue weighted by molar-refractivity contribution is 0.183. The van der Waals surface area contributed by atoms with Gasteiger partial charge >= 0.3 is 0 Å². The number of nitrogens with one attached hydrogen (secondary N) is 1. The number of rotatable bonds is 8. The Balaban J connectivity index is 1.73. The zero-order chi connectivity index (χ0) is 15.1. The maximum atomic E-state index is 9.18. The maximum Gasteiger partial charge on any atom is 0.131 e. The number of aromatic nitrogens is 1. The molecule has 0 radical (unpaired) electrons. The first kappa shape index (κ1) is 15.9. The summed E-state index contributed by atoms with van der Waals surface area (Å²) in [4.78, 5) is 4.37. The monoisotopic (exact) mass is 306 g/mol. The molecule has 0 saturated heterocycles. The van der Waals surface area contributed by atoms with E-state index in [1.54, 1.807) is 18.3 Å². The fraction of sp³-hybridized carbons (Fsp3) is 0.438. The van der Waals surface area contributed by atoms with Crippen LogP contribution in [0.5, 0.6) is 5.75 Å². The molecule has 4 nitrogen and oxygen atoms in total. The number of hydrogen-bond acceptors (Lipinski definition) is 5. The van der Waals surface area contributed by atoms with Gasteiger partial charge < -0.3 is 15.2 Å². The number of ether oxygens (including phenoxy) is 1. The molecule has 114 valence electrons. The van der Waals surface area contributed by atoms with Gasteiger partial charge in [-0.25, -0.2) is 4.98 Å². The molecule has 0 amide bonds. The van der Waals surface area contributed by atoms with E-state index in [0.29, 0.717) is 6.61 Å². The van der Waals surface area contributed by atoms with Crippen LogP contribution >= 0.6 is 11.3 Å². The van der Waals surface area contributed by atoms with Crippen LogP contribution in [-0.4, -0.2) is 22.7 Å². The molecule has 0 spiro atoms. The van der Waals surface area contributed by atoms with Gasteiger partial charge in [0.15, 0.2) is 0 Å². The molecule has 0 bridgehead atoms. The quantitative estimate of drug-likeness (QED) is 0.736. The van der Waals surface area contributed by atoms with Crippen molar-refractivity contribution >= 4 is 11.3 Å². The second-order valence-electron chi connectivity index (χ2n) is 5.10. The summed E-state index contributed by atoms with van der Waals surface area (Å²) in [6.45, 7) is 5.93. The first-order chi connectivity index (χ1) is 10.1. The minimum absolute atomic E-state index is 0.248. The van der Waals surface area contributed by atoms with E-state index in [9.17, 15) is 5.11 Å². The number of aryl methyl sites for hydroxylation is 1. The van der Waals surface area contributed by atoms with E-state index in [4.69, 9.17) is 4.74 Å². The topological polar surface area (TPSA) is 54.4 Å². The molecule has 1 atom stereocenters. The van der Waals surface area contributed by atoms with Crippen molar-refractivity contribution in [3.05, 3.63) is 45.9 Å². The third-order valence-corrected chi connectivity index (χ3v) is 3.87. The highest BCUT2D eigenvalue weighted by Gasteiger charge is 2.01. The van der Waals surface area contributed by atoms with Gasteiger partial charge in [0, 0.05) is 11.9 Å². The van der Waals surface area contributed by atoms with E-state index in [1.165, 1.54) is 5.56 Å². The van der Waals surface area contributed by atoms with Crippen LogP contribution in [0.3, 0.4) is 0 Å². The molecule has 21 heavy (non-hydrogen) atoms. The van der Waals surface area contributed by atoms with Crippen molar-refractivity contribution in [3.8, 4) is 5.75 Å². The number of thiazole rings is 1. The number of aliphatic hydroxyl groups excluding tert-OH is 1. The Bertz CT molecular complexity index is 537. The highest BCUT2D eigenvalue weighted by Crippen LogP contribution is 2.15. The molecule has 0 fully saturated rings. The van der Waals surface area contributed by atoms with Crippen molar-refractivity contribution in [2.75, 3.05) is 6.54 Å². The van der Waals surface area contributed by atoms with Crippen LogP contribution < -0.4 is 10.1 Å². The summed E-state index contributed by atoms with van der Waals surface area (Å²) in [7, 11) is 0. The van der Waals surface area contributed by atoms with Crippen LogP contribution in [0.25, 0.3) is 0 Å². The third kappa shape index (κ3) is 5.83. The Labute approximate surface area is 129 Å². The van der Waals surface area contributed by atoms with E-state index in [0.717, 1.165) is 36.0 Å². The molecule has 2 aromatic rings. The first-order valence-corrected chi connectivity index (χ1v) is 8.03. The van der Waals surface area contributed by atoms with Crippen molar-refractivity contribution in [1.82, 2.24) is 10.3 Å². The average Bonchev–Trinajstić information content (AvgIpc) is 2.88. The lowest BCUT2D eigenvalue weighted by atomic mass is 10.2. The summed E-state index contributed by atoms with van der Waals surface area (Å²) in [6.07, 6.45) is 0.525. The van der Waals surface area contributed by atoms with Gasteiger partial charge in [0.05, 0.1) is 16.8 Å². The van der Waals surface area contributed by atoms with E-state index < -0.39 is 0 Å². The SMILES string of the molecule is Cc1nc(COc2ccc(CNCCC(C)O)cc2)cs1. The summed E-state index contributed by atoms with van der Waals surface area (Å²) in [5.74, 6) is 0.855. The number of nitrogens with zero attached hydrogens (tertiary/aromatic N) is 1. The van der Waals surface area contributed by atoms with Crippen molar-refractivity contribution < 1.29 is 9.84 Å². The normalized spacial score (nSPS) is 12.3. The highest BCUT2D eigenvalue weighted by molar-refractivity contribution is 7.09. The van der Waals surface area contributed by atoms with Gasteiger partial charge in [-0.15, -0.1) is 11.3 Å². The average molecular weight is 306 g/mol. The minimum atomic E-state index is -0.248. The molecule has 0 aliphatic carbocycles. The lowest BCUT2D eigenvalue weighted by Gasteiger charge is -2.08. The van der Waals surface area contributed by atoms with Gasteiger partial charge in [-0.3, -0.25) is 0 Å². The Morgan fingerprint density at radius 1 is 1.33 bits per heavy atom. The summed E-state index contributed by atoms with van der Waals surface area (Å²) >= 11 is 1.64. The van der Waals surface area contributed by atoms with E-state index >= 15 is 0 Å². The summed E-state index contributed by atoms with van der Waals surface area (Å²) < 4.78 is 5.71. The smallest absolute Gasteiger partial charge is 0.131 e. The molecular formula is C16H22N2O2S. The zero-order valence-corrected chi connectivity index (χ0v) is 13.3. The molecule has 1 aromatic carbocycles. The van der Waals surface area contributed by atoms with Gasteiger partial charge in [0.2, 0.25) is 0 Å². The van der Waals surface area contributed by atoms with E-state index in [2.05, 4.69) is 22.4 Å². The van der Waals surface area contributed by atoms with E-state index in [1.807, 2.05) is 24.4 Å². The molecule has 5 heteroatoms. The molecule has 0 saturated carbocycles. The number of aliphatic hydroxyl groups is 1. The second kappa shape index (κ2) is 8.12. The molecular weight excluding hydrogens is 284 g/mol. The molecule has 2 rings (SSSR count). The van der Waals surface area contributed by atoms with Crippen molar-refractivity contribution in [2.45, 2.75) is 39.5 Å². The highest BCUT2D eigenvalue weighted by atomic mass is 32.1. The predicted octanol–water partition coefficient (Wildman–Crippen LogP) is 2.89. The van der Waals surface area contributed by atoms with Gasteiger partial charge in [-0.2, -0.15) is 0 Å². The molecule has 2 N–H and O–H groups in total. The van der Waals surface area contributed by atoms with Gasteiger partial charge in [-0.1, -0.05) is 12.1 Å². The minimum Gasteiger partial charge on any atom is -0.487 e. The Morgan fingerprint density at radius 3 is 2.71 bits per heavy atom. The summed E-state index contributed by atoms with van der Waals surface area (Å²) in [5, 5.41) is 15.6. The van der Waals surface area contributed by atoms with Gasteiger partial charge in [0.1, 0.15) is 12.4 Å². The molecule has 1 aromatic heterocycles. The largest absolute Gasteiger partial charge is 0.487 e. The Morgan fingerprint density at radius 2 is 2.10 bits per heavy atom. The van der Waals surface area contributed by atoms with Gasteiger partial charge in [0.25, 0.3) is 0 Å². The summed E-state index contributed by atoms with van der Waals surface area (Å²) in [6, 6.07) is 8.06. The van der Waals surface area contributed by atoms with Crippen LogP contribution in [-0.2, 0) is 13.2 Å². The van der Waals surface area contributed by atoms with Crippen molar-refractivity contribution in [1.29, 1.82) is 0 Å². The first-order valence-electron chi connectivity index (χ1n) is 7.15. The fourth-order valence-electron chi connectivity index (χ4n) is 1.88. The fourth-order valence-corrected chi connectivity index (χ4v) is 2.48. The summed E-state index contributed by atoms with van der Waals surface area (Å²) in [5.41, 5.74) is 2.18. The van der Waals surface area contributed by atoms with Gasteiger partial charge in [-0.05, 0) is 44.5 Å².